The van der Waals surface area contributed by atoms with E-state index in [9.17, 15) is 0 Å². The van der Waals surface area contributed by atoms with Crippen molar-refractivity contribution in [3.05, 3.63) is 35.5 Å². The van der Waals surface area contributed by atoms with Gasteiger partial charge in [-0.15, -0.1) is 0 Å². The summed E-state index contributed by atoms with van der Waals surface area (Å²) in [5.74, 6) is 3.51. The van der Waals surface area contributed by atoms with Crippen molar-refractivity contribution in [2.75, 3.05) is 21.3 Å². The molecule has 6 nitrogen and oxygen atoms in total. The van der Waals surface area contributed by atoms with Gasteiger partial charge in [-0.2, -0.15) is 4.98 Å². The Kier molecular flexibility index (Phi) is 4.52. The number of para-hydroxylation sites is 1. The molecule has 0 unspecified atom stereocenters. The van der Waals surface area contributed by atoms with Crippen molar-refractivity contribution in [2.45, 2.75) is 38.3 Å². The first kappa shape index (κ1) is 15.8. The number of benzene rings is 1. The van der Waals surface area contributed by atoms with E-state index >= 15 is 0 Å². The van der Waals surface area contributed by atoms with Gasteiger partial charge < -0.3 is 14.0 Å². The molecule has 0 amide bonds. The topological polar surface area (TPSA) is 60.6 Å². The van der Waals surface area contributed by atoms with Crippen LogP contribution in [0.1, 0.15) is 49.0 Å². The first-order chi connectivity index (χ1) is 11.1. The number of ether oxygens (including phenoxy) is 2. The number of rotatable bonds is 7. The van der Waals surface area contributed by atoms with E-state index in [1.54, 1.807) is 14.2 Å². The van der Waals surface area contributed by atoms with E-state index in [0.29, 0.717) is 18.4 Å². The van der Waals surface area contributed by atoms with Crippen molar-refractivity contribution in [3.8, 4) is 11.5 Å². The van der Waals surface area contributed by atoms with Crippen molar-refractivity contribution >= 4 is 0 Å². The van der Waals surface area contributed by atoms with Crippen molar-refractivity contribution in [1.82, 2.24) is 15.0 Å². The van der Waals surface area contributed by atoms with Crippen LogP contribution >= 0.6 is 0 Å². The van der Waals surface area contributed by atoms with Crippen LogP contribution in [0.4, 0.5) is 0 Å². The highest BCUT2D eigenvalue weighted by Crippen LogP contribution is 2.39. The van der Waals surface area contributed by atoms with Crippen LogP contribution in [0.2, 0.25) is 0 Å². The van der Waals surface area contributed by atoms with Crippen molar-refractivity contribution < 1.29 is 14.0 Å². The minimum Gasteiger partial charge on any atom is -0.493 e. The summed E-state index contributed by atoms with van der Waals surface area (Å²) in [6.07, 6.45) is 2.34. The van der Waals surface area contributed by atoms with Crippen LogP contribution in [0.15, 0.2) is 22.7 Å². The Labute approximate surface area is 136 Å². The Balaban J connectivity index is 1.73. The molecule has 3 rings (SSSR count). The molecule has 1 aliphatic carbocycles. The second-order valence-corrected chi connectivity index (χ2v) is 6.01. The first-order valence-electron chi connectivity index (χ1n) is 7.87. The molecular weight excluding hydrogens is 294 g/mol. The Bertz CT molecular complexity index is 667. The van der Waals surface area contributed by atoms with Gasteiger partial charge in [0.25, 0.3) is 0 Å². The highest BCUT2D eigenvalue weighted by molar-refractivity contribution is 5.46. The highest BCUT2D eigenvalue weighted by Gasteiger charge is 2.30. The van der Waals surface area contributed by atoms with Crippen LogP contribution in [0.3, 0.4) is 0 Å². The van der Waals surface area contributed by atoms with Gasteiger partial charge in [-0.3, -0.25) is 4.90 Å². The summed E-state index contributed by atoms with van der Waals surface area (Å²) in [7, 11) is 5.33. The van der Waals surface area contributed by atoms with Gasteiger partial charge >= 0.3 is 0 Å². The number of methoxy groups -OCH3 is 2. The fraction of sp³-hybridized carbons (Fsp3) is 0.529. The fourth-order valence-corrected chi connectivity index (χ4v) is 2.60. The molecule has 0 saturated heterocycles. The molecule has 1 saturated carbocycles. The average molecular weight is 317 g/mol. The van der Waals surface area contributed by atoms with Gasteiger partial charge in [0.05, 0.1) is 20.3 Å². The van der Waals surface area contributed by atoms with E-state index in [-0.39, 0.29) is 6.04 Å². The molecule has 1 aliphatic rings. The van der Waals surface area contributed by atoms with Crippen LogP contribution in [0.5, 0.6) is 11.5 Å². The third-order valence-corrected chi connectivity index (χ3v) is 4.32. The number of hydrogen-bond donors (Lipinski definition) is 0. The van der Waals surface area contributed by atoms with Crippen LogP contribution in [-0.4, -0.2) is 36.3 Å². The SMILES string of the molecule is COc1cccc(CN(C)[C@H](C)c2nc(C3CC3)no2)c1OC. The minimum absolute atomic E-state index is 0.0332. The predicted octanol–water partition coefficient (Wildman–Crippen LogP) is 3.16. The lowest BCUT2D eigenvalue weighted by atomic mass is 10.1. The molecule has 1 heterocycles. The summed E-state index contributed by atoms with van der Waals surface area (Å²) in [6.45, 7) is 2.76. The Morgan fingerprint density at radius 3 is 2.74 bits per heavy atom. The molecule has 1 aromatic heterocycles. The standard InChI is InChI=1S/C17H23N3O3/c1-11(17-18-16(19-23-17)12-8-9-12)20(2)10-13-6-5-7-14(21-3)15(13)22-4/h5-7,11-12H,8-10H2,1-4H3/t11-/m1/s1. The van der Waals surface area contributed by atoms with Gasteiger partial charge in [-0.25, -0.2) is 0 Å². The third-order valence-electron chi connectivity index (χ3n) is 4.32. The molecule has 0 radical (unpaired) electrons. The zero-order chi connectivity index (χ0) is 16.4. The second-order valence-electron chi connectivity index (χ2n) is 6.01. The lowest BCUT2D eigenvalue weighted by molar-refractivity contribution is 0.200. The maximum Gasteiger partial charge on any atom is 0.243 e. The molecule has 1 atom stereocenters. The highest BCUT2D eigenvalue weighted by atomic mass is 16.5. The molecule has 2 aromatic rings. The Morgan fingerprint density at radius 2 is 2.09 bits per heavy atom. The van der Waals surface area contributed by atoms with Crippen molar-refractivity contribution in [2.24, 2.45) is 0 Å². The first-order valence-corrected chi connectivity index (χ1v) is 7.87. The molecular formula is C17H23N3O3. The Morgan fingerprint density at radius 1 is 1.30 bits per heavy atom. The summed E-state index contributed by atoms with van der Waals surface area (Å²) in [5, 5.41) is 4.09. The van der Waals surface area contributed by atoms with Crippen LogP contribution < -0.4 is 9.47 Å². The van der Waals surface area contributed by atoms with Gasteiger partial charge in [-0.1, -0.05) is 17.3 Å². The second kappa shape index (κ2) is 6.58. The lowest BCUT2D eigenvalue weighted by Crippen LogP contribution is -2.22. The summed E-state index contributed by atoms with van der Waals surface area (Å²) in [5.41, 5.74) is 1.06. The summed E-state index contributed by atoms with van der Waals surface area (Å²) >= 11 is 0. The van der Waals surface area contributed by atoms with Crippen LogP contribution in [0.25, 0.3) is 0 Å². The number of hydrogen-bond acceptors (Lipinski definition) is 6. The predicted molar refractivity (Wildman–Crippen MR) is 85.7 cm³/mol. The fourth-order valence-electron chi connectivity index (χ4n) is 2.60. The van der Waals surface area contributed by atoms with E-state index in [0.717, 1.165) is 22.9 Å². The molecule has 1 aromatic carbocycles. The van der Waals surface area contributed by atoms with Gasteiger partial charge in [0.1, 0.15) is 0 Å². The van der Waals surface area contributed by atoms with E-state index in [2.05, 4.69) is 22.0 Å². The van der Waals surface area contributed by atoms with E-state index < -0.39 is 0 Å². The van der Waals surface area contributed by atoms with E-state index in [1.165, 1.54) is 12.8 Å². The van der Waals surface area contributed by atoms with Crippen LogP contribution in [0, 0.1) is 0 Å². The zero-order valence-electron chi connectivity index (χ0n) is 14.1. The summed E-state index contributed by atoms with van der Waals surface area (Å²) in [6, 6.07) is 5.93. The quantitative estimate of drug-likeness (QED) is 0.782. The molecule has 1 fully saturated rings. The van der Waals surface area contributed by atoms with Crippen molar-refractivity contribution in [3.63, 3.8) is 0 Å². The number of aromatic nitrogens is 2. The van der Waals surface area contributed by atoms with Gasteiger partial charge in [0.15, 0.2) is 17.3 Å². The summed E-state index contributed by atoms with van der Waals surface area (Å²) in [4.78, 5) is 6.69. The van der Waals surface area contributed by atoms with E-state index in [4.69, 9.17) is 14.0 Å². The maximum absolute atomic E-state index is 5.49. The molecule has 23 heavy (non-hydrogen) atoms. The molecule has 0 aliphatic heterocycles. The van der Waals surface area contributed by atoms with Gasteiger partial charge in [0.2, 0.25) is 5.89 Å². The molecule has 0 N–H and O–H groups in total. The smallest absolute Gasteiger partial charge is 0.243 e. The molecule has 0 bridgehead atoms. The normalized spacial score (nSPS) is 15.7. The Hall–Kier alpha value is -2.08. The van der Waals surface area contributed by atoms with Crippen molar-refractivity contribution in [1.29, 1.82) is 0 Å². The summed E-state index contributed by atoms with van der Waals surface area (Å²) < 4.78 is 16.3. The number of nitrogens with zero attached hydrogens (tertiary/aromatic N) is 3. The lowest BCUT2D eigenvalue weighted by Gasteiger charge is -2.23. The van der Waals surface area contributed by atoms with E-state index in [1.807, 2.05) is 25.2 Å². The van der Waals surface area contributed by atoms with Gasteiger partial charge in [-0.05, 0) is 32.9 Å². The average Bonchev–Trinajstić information content (AvgIpc) is 3.31. The van der Waals surface area contributed by atoms with Crippen LogP contribution in [-0.2, 0) is 6.54 Å². The maximum atomic E-state index is 5.49. The zero-order valence-corrected chi connectivity index (χ0v) is 14.1. The minimum atomic E-state index is 0.0332. The molecule has 6 heteroatoms. The monoisotopic (exact) mass is 317 g/mol. The molecule has 0 spiro atoms. The third kappa shape index (κ3) is 3.32. The van der Waals surface area contributed by atoms with Gasteiger partial charge in [0, 0.05) is 18.0 Å². The molecule has 124 valence electrons. The largest absolute Gasteiger partial charge is 0.493 e.